The fourth-order valence-electron chi connectivity index (χ4n) is 11.0. The molecule has 0 aromatic heterocycles. The van der Waals surface area contributed by atoms with E-state index in [1.165, 1.54) is 82.4 Å². The van der Waals surface area contributed by atoms with Crippen LogP contribution >= 0.6 is 0 Å². The molecule has 0 saturated heterocycles. The molecule has 0 aliphatic heterocycles. The SMILES string of the molecule is Cc1cccc(-c2ccccc2)c1N(c1cccc(-c2ccccc2)c1)c1cc(N(c2cccc(-c3ccccc3)c2)c2c(C)cccc2-c2ccccc2)c2ccc3cc(C(C)(C)C)cc4ccc1c2c43. The fourth-order valence-corrected chi connectivity index (χ4v) is 11.0. The first-order valence-electron chi connectivity index (χ1n) is 25.2. The van der Waals surface area contributed by atoms with Crippen molar-refractivity contribution in [2.45, 2.75) is 40.0 Å². The fraction of sp³-hybridized carbons (Fsp3) is 0.0857. The molecule has 0 unspecified atom stereocenters. The molecule has 2 nitrogen and oxygen atoms in total. The van der Waals surface area contributed by atoms with Crippen molar-refractivity contribution in [2.75, 3.05) is 9.80 Å². The van der Waals surface area contributed by atoms with Gasteiger partial charge in [-0.3, -0.25) is 0 Å². The molecular weight excluding hydrogens is 869 g/mol. The first-order chi connectivity index (χ1) is 35.2. The molecule has 0 bridgehead atoms. The quantitative estimate of drug-likeness (QED) is 0.126. The van der Waals surface area contributed by atoms with Crippen LogP contribution < -0.4 is 9.80 Å². The molecule has 2 heteroatoms. The molecule has 0 saturated carbocycles. The van der Waals surface area contributed by atoms with Crippen LogP contribution in [0.25, 0.3) is 76.8 Å². The van der Waals surface area contributed by atoms with E-state index in [4.69, 9.17) is 0 Å². The van der Waals surface area contributed by atoms with Gasteiger partial charge in [-0.25, -0.2) is 0 Å². The van der Waals surface area contributed by atoms with Crippen molar-refractivity contribution in [1.29, 1.82) is 0 Å². The third-order valence-electron chi connectivity index (χ3n) is 14.5. The molecule has 0 atom stereocenters. The molecular formula is C70H56N2. The number of hydrogen-bond donors (Lipinski definition) is 0. The highest BCUT2D eigenvalue weighted by Gasteiger charge is 2.29. The van der Waals surface area contributed by atoms with Gasteiger partial charge >= 0.3 is 0 Å². The Kier molecular flexibility index (Phi) is 11.3. The van der Waals surface area contributed by atoms with Gasteiger partial charge in [-0.15, -0.1) is 0 Å². The van der Waals surface area contributed by atoms with Gasteiger partial charge in [0.05, 0.1) is 22.7 Å². The summed E-state index contributed by atoms with van der Waals surface area (Å²) in [6, 6.07) is 91.9. The van der Waals surface area contributed by atoms with Gasteiger partial charge in [0.2, 0.25) is 0 Å². The zero-order valence-corrected chi connectivity index (χ0v) is 41.6. The van der Waals surface area contributed by atoms with Crippen molar-refractivity contribution in [2.24, 2.45) is 0 Å². The summed E-state index contributed by atoms with van der Waals surface area (Å²) in [6.45, 7) is 11.5. The van der Waals surface area contributed by atoms with Crippen LogP contribution in [0.15, 0.2) is 249 Å². The summed E-state index contributed by atoms with van der Waals surface area (Å²) in [5.74, 6) is 0. The number of hydrogen-bond acceptors (Lipinski definition) is 2. The Morgan fingerprint density at radius 3 is 1.08 bits per heavy atom. The van der Waals surface area contributed by atoms with Gasteiger partial charge in [0.25, 0.3) is 0 Å². The van der Waals surface area contributed by atoms with E-state index in [1.807, 2.05) is 0 Å². The molecule has 0 fully saturated rings. The standard InChI is InChI=1S/C70H56N2/c1-47-22-18-36-60(51-28-14-8-15-29-51)68(47)71(58-34-20-32-53(44-58)49-24-10-6-11-25-49)64-46-65(63-41-39-56-43-57(70(3,4)5)42-55-38-40-62(64)67(63)66(55)56)72(59-35-21-33-54(45-59)50-26-12-7-13-27-50)69-48(2)23-19-37-61(69)52-30-16-9-17-31-52/h6-46H,1-5H3. The lowest BCUT2D eigenvalue weighted by Gasteiger charge is -2.35. The predicted octanol–water partition coefficient (Wildman–Crippen LogP) is 20.1. The van der Waals surface area contributed by atoms with E-state index in [9.17, 15) is 0 Å². The second-order valence-electron chi connectivity index (χ2n) is 20.2. The van der Waals surface area contributed by atoms with E-state index in [2.05, 4.69) is 293 Å². The number of nitrogens with zero attached hydrogens (tertiary/aromatic N) is 2. The summed E-state index contributed by atoms with van der Waals surface area (Å²) >= 11 is 0. The summed E-state index contributed by atoms with van der Waals surface area (Å²) < 4.78 is 0. The minimum atomic E-state index is -0.0285. The number of aryl methyl sites for hydroxylation is 2. The zero-order valence-electron chi connectivity index (χ0n) is 41.6. The van der Waals surface area contributed by atoms with Gasteiger partial charge in [0.15, 0.2) is 0 Å². The molecule has 72 heavy (non-hydrogen) atoms. The average Bonchev–Trinajstić information content (AvgIpc) is 3.42. The zero-order chi connectivity index (χ0) is 48.9. The van der Waals surface area contributed by atoms with Crippen LogP contribution in [-0.4, -0.2) is 0 Å². The highest BCUT2D eigenvalue weighted by Crippen LogP contribution is 2.54. The molecule has 346 valence electrons. The van der Waals surface area contributed by atoms with E-state index in [-0.39, 0.29) is 5.41 Å². The maximum atomic E-state index is 2.56. The lowest BCUT2D eigenvalue weighted by molar-refractivity contribution is 0.591. The summed E-state index contributed by atoms with van der Waals surface area (Å²) in [4.78, 5) is 5.13. The van der Waals surface area contributed by atoms with Gasteiger partial charge in [-0.2, -0.15) is 0 Å². The molecule has 0 aliphatic rings. The number of benzene rings is 12. The Balaban J connectivity index is 1.26. The van der Waals surface area contributed by atoms with Crippen LogP contribution in [0, 0.1) is 13.8 Å². The van der Waals surface area contributed by atoms with Crippen molar-refractivity contribution in [3.63, 3.8) is 0 Å². The lowest BCUT2D eigenvalue weighted by atomic mass is 9.83. The first-order valence-corrected chi connectivity index (χ1v) is 25.2. The van der Waals surface area contributed by atoms with Gasteiger partial charge in [-0.1, -0.05) is 239 Å². The Hall–Kier alpha value is -8.72. The molecule has 0 N–H and O–H groups in total. The summed E-state index contributed by atoms with van der Waals surface area (Å²) in [5.41, 5.74) is 19.6. The number of para-hydroxylation sites is 2. The molecule has 12 aromatic carbocycles. The first kappa shape index (κ1) is 44.5. The minimum Gasteiger partial charge on any atom is -0.309 e. The summed E-state index contributed by atoms with van der Waals surface area (Å²) in [6.07, 6.45) is 0. The van der Waals surface area contributed by atoms with E-state index in [0.717, 1.165) is 45.3 Å². The van der Waals surface area contributed by atoms with Crippen molar-refractivity contribution in [3.8, 4) is 44.5 Å². The Morgan fingerprint density at radius 2 is 0.681 bits per heavy atom. The van der Waals surface area contributed by atoms with Crippen molar-refractivity contribution < 1.29 is 0 Å². The Morgan fingerprint density at radius 1 is 0.306 bits per heavy atom. The van der Waals surface area contributed by atoms with Crippen LogP contribution in [0.5, 0.6) is 0 Å². The predicted molar refractivity (Wildman–Crippen MR) is 309 cm³/mol. The van der Waals surface area contributed by atoms with E-state index in [1.54, 1.807) is 0 Å². The summed E-state index contributed by atoms with van der Waals surface area (Å²) in [5, 5.41) is 7.39. The maximum Gasteiger partial charge on any atom is 0.0569 e. The second-order valence-corrected chi connectivity index (χ2v) is 20.2. The normalized spacial score (nSPS) is 11.7. The van der Waals surface area contributed by atoms with Crippen LogP contribution in [0.3, 0.4) is 0 Å². The average molecular weight is 925 g/mol. The van der Waals surface area contributed by atoms with Crippen LogP contribution in [0.4, 0.5) is 34.1 Å². The van der Waals surface area contributed by atoms with E-state index in [0.29, 0.717) is 0 Å². The van der Waals surface area contributed by atoms with Crippen molar-refractivity contribution in [1.82, 2.24) is 0 Å². The van der Waals surface area contributed by atoms with E-state index >= 15 is 0 Å². The van der Waals surface area contributed by atoms with Gasteiger partial charge < -0.3 is 9.80 Å². The Labute approximate surface area is 424 Å². The largest absolute Gasteiger partial charge is 0.309 e. The highest BCUT2D eigenvalue weighted by atomic mass is 15.2. The molecule has 12 rings (SSSR count). The third-order valence-corrected chi connectivity index (χ3v) is 14.5. The summed E-state index contributed by atoms with van der Waals surface area (Å²) in [7, 11) is 0. The smallest absolute Gasteiger partial charge is 0.0569 e. The third kappa shape index (κ3) is 7.96. The molecule has 0 spiro atoms. The maximum absolute atomic E-state index is 2.56. The monoisotopic (exact) mass is 924 g/mol. The van der Waals surface area contributed by atoms with Gasteiger partial charge in [-0.05, 0) is 116 Å². The van der Waals surface area contributed by atoms with Crippen molar-refractivity contribution in [3.05, 3.63) is 265 Å². The molecule has 0 amide bonds. The molecule has 0 aliphatic carbocycles. The number of rotatable bonds is 10. The van der Waals surface area contributed by atoms with E-state index < -0.39 is 0 Å². The van der Waals surface area contributed by atoms with Crippen LogP contribution in [0.1, 0.15) is 37.5 Å². The van der Waals surface area contributed by atoms with Gasteiger partial charge in [0, 0.05) is 38.7 Å². The van der Waals surface area contributed by atoms with Crippen LogP contribution in [0.2, 0.25) is 0 Å². The van der Waals surface area contributed by atoms with Gasteiger partial charge in [0.1, 0.15) is 0 Å². The number of anilines is 6. The minimum absolute atomic E-state index is 0.0285. The van der Waals surface area contributed by atoms with Crippen molar-refractivity contribution >= 4 is 66.4 Å². The molecule has 0 radical (unpaired) electrons. The second kappa shape index (κ2) is 18.2. The lowest BCUT2D eigenvalue weighted by Crippen LogP contribution is -2.17. The molecule has 12 aromatic rings. The van der Waals surface area contributed by atoms with Crippen LogP contribution in [-0.2, 0) is 5.41 Å². The topological polar surface area (TPSA) is 6.48 Å². The Bertz CT molecular complexity index is 3660. The highest BCUT2D eigenvalue weighted by molar-refractivity contribution is 6.29. The molecule has 0 heterocycles.